The maximum absolute atomic E-state index is 13.6. The van der Waals surface area contributed by atoms with E-state index in [2.05, 4.69) is 4.74 Å². The van der Waals surface area contributed by atoms with Gasteiger partial charge >= 0.3 is 5.97 Å². The lowest BCUT2D eigenvalue weighted by atomic mass is 10.2. The molecule has 18 heavy (non-hydrogen) atoms. The number of benzene rings is 1. The van der Waals surface area contributed by atoms with E-state index in [4.69, 9.17) is 0 Å². The predicted molar refractivity (Wildman–Crippen MR) is 63.4 cm³/mol. The van der Waals surface area contributed by atoms with Crippen LogP contribution < -0.4 is 0 Å². The van der Waals surface area contributed by atoms with Gasteiger partial charge in [-0.25, -0.2) is 17.6 Å². The zero-order valence-corrected chi connectivity index (χ0v) is 10.2. The van der Waals surface area contributed by atoms with Crippen molar-refractivity contribution in [2.75, 3.05) is 7.11 Å². The Morgan fingerprint density at radius 1 is 1.22 bits per heavy atom. The summed E-state index contributed by atoms with van der Waals surface area (Å²) in [4.78, 5) is 10.6. The topological polar surface area (TPSA) is 60.4 Å². The molecule has 0 spiro atoms. The fourth-order valence-electron chi connectivity index (χ4n) is 1.62. The summed E-state index contributed by atoms with van der Waals surface area (Å²) in [5.41, 5.74) is -0.0624. The Morgan fingerprint density at radius 3 is 2.50 bits per heavy atom. The first-order valence-electron chi connectivity index (χ1n) is 4.99. The van der Waals surface area contributed by atoms with Crippen molar-refractivity contribution in [1.29, 1.82) is 0 Å². The van der Waals surface area contributed by atoms with Gasteiger partial charge in [-0.3, -0.25) is 0 Å². The highest BCUT2D eigenvalue weighted by Crippen LogP contribution is 2.33. The molecule has 0 saturated heterocycles. The Labute approximate surface area is 103 Å². The van der Waals surface area contributed by atoms with Gasteiger partial charge in [0.15, 0.2) is 4.91 Å². The molecule has 0 unspecified atom stereocenters. The molecule has 1 aromatic rings. The zero-order chi connectivity index (χ0) is 13.3. The second kappa shape index (κ2) is 4.38. The van der Waals surface area contributed by atoms with Crippen molar-refractivity contribution in [1.82, 2.24) is 0 Å². The Bertz CT molecular complexity index is 671. The largest absolute Gasteiger partial charge is 0.465 e. The first kappa shape index (κ1) is 12.5. The molecule has 1 aliphatic heterocycles. The number of carbonyl (C=O) groups is 1. The molecule has 4 nitrogen and oxygen atoms in total. The lowest BCUT2D eigenvalue weighted by molar-refractivity contribution is -0.135. The molecule has 1 aliphatic rings. The maximum atomic E-state index is 13.6. The van der Waals surface area contributed by atoms with Gasteiger partial charge in [-0.2, -0.15) is 0 Å². The molecule has 0 atom stereocenters. The predicted octanol–water partition coefficient (Wildman–Crippen LogP) is 1.65. The van der Waals surface area contributed by atoms with Crippen molar-refractivity contribution in [2.45, 2.75) is 0 Å². The molecule has 1 heterocycles. The van der Waals surface area contributed by atoms with Crippen LogP contribution in [0, 0.1) is 5.82 Å². The van der Waals surface area contributed by atoms with Crippen molar-refractivity contribution < 1.29 is 22.3 Å². The van der Waals surface area contributed by atoms with E-state index in [0.717, 1.165) is 19.3 Å². The average molecular weight is 268 g/mol. The van der Waals surface area contributed by atoms with Gasteiger partial charge in [-0.15, -0.1) is 0 Å². The monoisotopic (exact) mass is 268 g/mol. The van der Waals surface area contributed by atoms with Gasteiger partial charge in [0.1, 0.15) is 5.82 Å². The molecular weight excluding hydrogens is 259 g/mol. The van der Waals surface area contributed by atoms with E-state index in [1.807, 2.05) is 0 Å². The normalized spacial score (nSPS) is 17.0. The van der Waals surface area contributed by atoms with Crippen molar-refractivity contribution >= 4 is 20.7 Å². The Morgan fingerprint density at radius 2 is 1.89 bits per heavy atom. The molecule has 0 N–H and O–H groups in total. The number of halogens is 1. The fraction of sp³-hybridized carbons (Fsp3) is 0.0833. The van der Waals surface area contributed by atoms with Gasteiger partial charge in [0.2, 0.25) is 9.84 Å². The minimum atomic E-state index is -4.01. The number of esters is 1. The summed E-state index contributed by atoms with van der Waals surface area (Å²) in [7, 11) is -2.92. The van der Waals surface area contributed by atoms with E-state index in [-0.39, 0.29) is 10.5 Å². The number of ether oxygens (including phenoxy) is 1. The average Bonchev–Trinajstić information content (AvgIpc) is 2.64. The molecule has 0 amide bonds. The molecule has 6 heteroatoms. The van der Waals surface area contributed by atoms with E-state index < -0.39 is 26.5 Å². The second-order valence-electron chi connectivity index (χ2n) is 3.54. The molecule has 0 aromatic heterocycles. The maximum Gasteiger partial charge on any atom is 0.349 e. The third-order valence-electron chi connectivity index (χ3n) is 2.49. The summed E-state index contributed by atoms with van der Waals surface area (Å²) in [6.07, 6.45) is 2.31. The Hall–Kier alpha value is -1.95. The Balaban J connectivity index is 2.49. The third-order valence-corrected chi connectivity index (χ3v) is 4.31. The molecule has 2 rings (SSSR count). The SMILES string of the molecule is COC(=O)C1=CC=C(c2ccccc2F)S1(=O)=O. The highest BCUT2D eigenvalue weighted by Gasteiger charge is 2.35. The molecular formula is C12H9FO4S. The number of allylic oxidation sites excluding steroid dienone is 2. The summed E-state index contributed by atoms with van der Waals surface area (Å²) in [6.45, 7) is 0. The number of methoxy groups -OCH3 is 1. The van der Waals surface area contributed by atoms with Crippen LogP contribution in [-0.2, 0) is 19.4 Å². The minimum Gasteiger partial charge on any atom is -0.465 e. The summed E-state index contributed by atoms with van der Waals surface area (Å²) in [6, 6.07) is 5.47. The van der Waals surface area contributed by atoms with Crippen LogP contribution >= 0.6 is 0 Å². The molecule has 1 aromatic carbocycles. The van der Waals surface area contributed by atoms with Crippen LogP contribution in [0.4, 0.5) is 4.39 Å². The van der Waals surface area contributed by atoms with E-state index in [0.29, 0.717) is 0 Å². The van der Waals surface area contributed by atoms with Crippen molar-refractivity contribution in [3.63, 3.8) is 0 Å². The second-order valence-corrected chi connectivity index (χ2v) is 5.42. The lowest BCUT2D eigenvalue weighted by Gasteiger charge is -2.06. The van der Waals surface area contributed by atoms with Gasteiger partial charge in [-0.1, -0.05) is 18.2 Å². The van der Waals surface area contributed by atoms with Gasteiger partial charge < -0.3 is 4.74 Å². The first-order chi connectivity index (χ1) is 8.48. The van der Waals surface area contributed by atoms with E-state index in [1.165, 1.54) is 24.3 Å². The van der Waals surface area contributed by atoms with E-state index >= 15 is 0 Å². The van der Waals surface area contributed by atoms with Gasteiger partial charge in [0.25, 0.3) is 0 Å². The van der Waals surface area contributed by atoms with Crippen LogP contribution in [0.1, 0.15) is 5.56 Å². The van der Waals surface area contributed by atoms with Crippen LogP contribution in [0.5, 0.6) is 0 Å². The van der Waals surface area contributed by atoms with Crippen molar-refractivity contribution in [3.8, 4) is 0 Å². The van der Waals surface area contributed by atoms with Crippen molar-refractivity contribution in [2.24, 2.45) is 0 Å². The molecule has 0 saturated carbocycles. The molecule has 0 radical (unpaired) electrons. The highest BCUT2D eigenvalue weighted by atomic mass is 32.2. The third kappa shape index (κ3) is 1.84. The number of sulfone groups is 1. The van der Waals surface area contributed by atoms with Gasteiger partial charge in [0, 0.05) is 5.56 Å². The summed E-state index contributed by atoms with van der Waals surface area (Å²) < 4.78 is 42.0. The summed E-state index contributed by atoms with van der Waals surface area (Å²) >= 11 is 0. The molecule has 0 bridgehead atoms. The van der Waals surface area contributed by atoms with Crippen LogP contribution in [0.2, 0.25) is 0 Å². The number of hydrogen-bond donors (Lipinski definition) is 0. The van der Waals surface area contributed by atoms with E-state index in [1.54, 1.807) is 0 Å². The summed E-state index contributed by atoms with van der Waals surface area (Å²) in [5, 5.41) is 0. The van der Waals surface area contributed by atoms with Crippen molar-refractivity contribution in [3.05, 3.63) is 52.7 Å². The van der Waals surface area contributed by atoms with Crippen LogP contribution in [0.3, 0.4) is 0 Å². The number of rotatable bonds is 2. The quantitative estimate of drug-likeness (QED) is 0.765. The standard InChI is InChI=1S/C12H9FO4S/c1-17-12(14)11-7-6-10(18(11,15)16)8-4-2-3-5-9(8)13/h2-7H,1H3. The summed E-state index contributed by atoms with van der Waals surface area (Å²) in [5.74, 6) is -1.62. The molecule has 94 valence electrons. The van der Waals surface area contributed by atoms with Crippen LogP contribution in [-0.4, -0.2) is 21.5 Å². The highest BCUT2D eigenvalue weighted by molar-refractivity contribution is 8.05. The fourth-order valence-corrected chi connectivity index (χ4v) is 3.11. The molecule has 0 fully saturated rings. The van der Waals surface area contributed by atoms with E-state index in [9.17, 15) is 17.6 Å². The van der Waals surface area contributed by atoms with Gasteiger partial charge in [0.05, 0.1) is 12.0 Å². The zero-order valence-electron chi connectivity index (χ0n) is 9.38. The Kier molecular flexibility index (Phi) is 3.04. The molecule has 0 aliphatic carbocycles. The minimum absolute atomic E-state index is 0.0624. The van der Waals surface area contributed by atoms with Gasteiger partial charge in [-0.05, 0) is 18.2 Å². The smallest absolute Gasteiger partial charge is 0.349 e. The number of carbonyl (C=O) groups excluding carboxylic acids is 1. The number of hydrogen-bond acceptors (Lipinski definition) is 4. The van der Waals surface area contributed by atoms with Crippen LogP contribution in [0.25, 0.3) is 4.91 Å². The van der Waals surface area contributed by atoms with Crippen LogP contribution in [0.15, 0.2) is 41.3 Å². The first-order valence-corrected chi connectivity index (χ1v) is 6.47. The lowest BCUT2D eigenvalue weighted by Crippen LogP contribution is -2.13.